The lowest BCUT2D eigenvalue weighted by molar-refractivity contribution is 0.0392. The second kappa shape index (κ2) is 5.21. The molecule has 110 valence electrons. The molecule has 2 aromatic rings. The number of nitrogens with one attached hydrogen (secondary N) is 1. The van der Waals surface area contributed by atoms with E-state index in [9.17, 15) is 4.79 Å². The van der Waals surface area contributed by atoms with Crippen molar-refractivity contribution in [3.63, 3.8) is 0 Å². The van der Waals surface area contributed by atoms with E-state index >= 15 is 0 Å². The number of amides is 1. The molecule has 2 atom stereocenters. The number of likely N-dealkylation sites (tertiary alicyclic amines) is 1. The van der Waals surface area contributed by atoms with E-state index in [1.807, 2.05) is 24.4 Å². The van der Waals surface area contributed by atoms with Crippen LogP contribution in [0.4, 0.5) is 0 Å². The van der Waals surface area contributed by atoms with Crippen molar-refractivity contribution in [1.29, 1.82) is 0 Å². The highest BCUT2D eigenvalue weighted by atomic mass is 16.2. The monoisotopic (exact) mass is 282 g/mol. The van der Waals surface area contributed by atoms with Crippen molar-refractivity contribution in [2.75, 3.05) is 6.54 Å². The van der Waals surface area contributed by atoms with Crippen LogP contribution in [0.3, 0.4) is 0 Å². The first-order chi connectivity index (χ1) is 10.3. The number of benzene rings is 1. The molecule has 1 aromatic heterocycles. The van der Waals surface area contributed by atoms with Crippen molar-refractivity contribution in [2.45, 2.75) is 44.6 Å². The Balaban J connectivity index is 1.68. The number of carbonyl (C=O) groups excluding carboxylic acids is 1. The highest BCUT2D eigenvalue weighted by Gasteiger charge is 2.36. The molecule has 21 heavy (non-hydrogen) atoms. The molecule has 1 aliphatic heterocycles. The smallest absolute Gasteiger partial charge is 0.256 e. The SMILES string of the molecule is O=C(c1cccc2cc[nH]c12)N1CCC[C@H]2CCCC[C@H]21. The van der Waals surface area contributed by atoms with Crippen molar-refractivity contribution in [3.05, 3.63) is 36.0 Å². The number of H-pyrrole nitrogens is 1. The van der Waals surface area contributed by atoms with Gasteiger partial charge in [-0.3, -0.25) is 4.79 Å². The van der Waals surface area contributed by atoms with Gasteiger partial charge in [0.15, 0.2) is 0 Å². The van der Waals surface area contributed by atoms with E-state index in [0.29, 0.717) is 6.04 Å². The molecular formula is C18H22N2O. The third-order valence-corrected chi connectivity index (χ3v) is 5.32. The van der Waals surface area contributed by atoms with Gasteiger partial charge in [-0.15, -0.1) is 0 Å². The molecule has 1 aliphatic carbocycles. The summed E-state index contributed by atoms with van der Waals surface area (Å²) >= 11 is 0. The van der Waals surface area contributed by atoms with Crippen LogP contribution in [0, 0.1) is 5.92 Å². The first-order valence-electron chi connectivity index (χ1n) is 8.21. The van der Waals surface area contributed by atoms with Gasteiger partial charge in [-0.1, -0.05) is 25.0 Å². The third-order valence-electron chi connectivity index (χ3n) is 5.32. The number of aromatic amines is 1. The zero-order chi connectivity index (χ0) is 14.2. The summed E-state index contributed by atoms with van der Waals surface area (Å²) < 4.78 is 0. The Labute approximate surface area is 125 Å². The fraction of sp³-hybridized carbons (Fsp3) is 0.500. The molecule has 0 radical (unpaired) electrons. The van der Waals surface area contributed by atoms with Crippen molar-refractivity contribution >= 4 is 16.8 Å². The highest BCUT2D eigenvalue weighted by Crippen LogP contribution is 2.36. The molecular weight excluding hydrogens is 260 g/mol. The van der Waals surface area contributed by atoms with Gasteiger partial charge in [0.05, 0.1) is 11.1 Å². The van der Waals surface area contributed by atoms with Crippen LogP contribution in [-0.2, 0) is 0 Å². The molecule has 3 heteroatoms. The van der Waals surface area contributed by atoms with E-state index < -0.39 is 0 Å². The predicted octanol–water partition coefficient (Wildman–Crippen LogP) is 3.96. The van der Waals surface area contributed by atoms with Crippen LogP contribution in [0.2, 0.25) is 0 Å². The minimum absolute atomic E-state index is 0.222. The van der Waals surface area contributed by atoms with Crippen molar-refractivity contribution in [2.24, 2.45) is 5.92 Å². The molecule has 1 N–H and O–H groups in total. The molecule has 1 saturated carbocycles. The number of rotatable bonds is 1. The highest BCUT2D eigenvalue weighted by molar-refractivity contribution is 6.05. The van der Waals surface area contributed by atoms with Gasteiger partial charge in [0.1, 0.15) is 0 Å². The maximum Gasteiger partial charge on any atom is 0.256 e. The maximum absolute atomic E-state index is 13.1. The quantitative estimate of drug-likeness (QED) is 0.844. The Morgan fingerprint density at radius 3 is 2.90 bits per heavy atom. The van der Waals surface area contributed by atoms with E-state index in [2.05, 4.69) is 16.0 Å². The standard InChI is InChI=1S/C18H22N2O/c21-18(15-8-3-6-14-10-11-19-17(14)15)20-12-4-7-13-5-1-2-9-16(13)20/h3,6,8,10-11,13,16,19H,1-2,4-5,7,9,12H2/t13-,16-/m1/s1. The number of aromatic nitrogens is 1. The normalized spacial score (nSPS) is 25.8. The van der Waals surface area contributed by atoms with Gasteiger partial charge in [0.25, 0.3) is 5.91 Å². The van der Waals surface area contributed by atoms with Crippen LogP contribution < -0.4 is 0 Å². The summed E-state index contributed by atoms with van der Waals surface area (Å²) in [4.78, 5) is 18.5. The fourth-order valence-corrected chi connectivity index (χ4v) is 4.29. The van der Waals surface area contributed by atoms with Gasteiger partial charge in [0, 0.05) is 24.2 Å². The van der Waals surface area contributed by atoms with E-state index in [0.717, 1.165) is 35.3 Å². The molecule has 1 aromatic carbocycles. The zero-order valence-corrected chi connectivity index (χ0v) is 12.3. The van der Waals surface area contributed by atoms with Gasteiger partial charge in [-0.2, -0.15) is 0 Å². The van der Waals surface area contributed by atoms with Crippen LogP contribution in [0.5, 0.6) is 0 Å². The lowest BCUT2D eigenvalue weighted by Gasteiger charge is -2.44. The third kappa shape index (κ3) is 2.15. The first kappa shape index (κ1) is 12.9. The molecule has 0 spiro atoms. The Kier molecular flexibility index (Phi) is 3.21. The number of para-hydroxylation sites is 1. The van der Waals surface area contributed by atoms with Crippen LogP contribution in [0.15, 0.2) is 30.5 Å². The van der Waals surface area contributed by atoms with Crippen LogP contribution in [0.25, 0.3) is 10.9 Å². The molecule has 1 saturated heterocycles. The lowest BCUT2D eigenvalue weighted by atomic mass is 9.78. The molecule has 4 rings (SSSR count). The Bertz CT molecular complexity index is 658. The van der Waals surface area contributed by atoms with E-state index in [4.69, 9.17) is 0 Å². The fourth-order valence-electron chi connectivity index (χ4n) is 4.29. The Morgan fingerprint density at radius 2 is 1.95 bits per heavy atom. The molecule has 1 amide bonds. The predicted molar refractivity (Wildman–Crippen MR) is 84.3 cm³/mol. The second-order valence-corrected chi connectivity index (χ2v) is 6.50. The molecule has 0 bridgehead atoms. The second-order valence-electron chi connectivity index (χ2n) is 6.50. The summed E-state index contributed by atoms with van der Waals surface area (Å²) in [5.41, 5.74) is 1.82. The number of piperidine rings is 1. The Hall–Kier alpha value is -1.77. The molecule has 2 aliphatic rings. The number of hydrogen-bond donors (Lipinski definition) is 1. The van der Waals surface area contributed by atoms with E-state index in [1.54, 1.807) is 0 Å². The van der Waals surface area contributed by atoms with Gasteiger partial charge >= 0.3 is 0 Å². The van der Waals surface area contributed by atoms with Crippen LogP contribution in [-0.4, -0.2) is 28.4 Å². The molecule has 2 heterocycles. The summed E-state index contributed by atoms with van der Waals surface area (Å²) in [6.07, 6.45) is 9.50. The summed E-state index contributed by atoms with van der Waals surface area (Å²) in [6, 6.07) is 8.53. The minimum Gasteiger partial charge on any atom is -0.361 e. The largest absolute Gasteiger partial charge is 0.361 e. The Morgan fingerprint density at radius 1 is 1.10 bits per heavy atom. The summed E-state index contributed by atoms with van der Waals surface area (Å²) in [7, 11) is 0. The van der Waals surface area contributed by atoms with Gasteiger partial charge in [-0.25, -0.2) is 0 Å². The number of carbonyl (C=O) groups is 1. The number of hydrogen-bond acceptors (Lipinski definition) is 1. The van der Waals surface area contributed by atoms with Crippen LogP contribution in [0.1, 0.15) is 48.9 Å². The van der Waals surface area contributed by atoms with Crippen molar-refractivity contribution in [1.82, 2.24) is 9.88 Å². The zero-order valence-electron chi connectivity index (χ0n) is 12.3. The minimum atomic E-state index is 0.222. The van der Waals surface area contributed by atoms with Crippen molar-refractivity contribution < 1.29 is 4.79 Å². The first-order valence-corrected chi connectivity index (χ1v) is 8.21. The summed E-state index contributed by atoms with van der Waals surface area (Å²) in [5, 5.41) is 1.12. The molecule has 3 nitrogen and oxygen atoms in total. The summed E-state index contributed by atoms with van der Waals surface area (Å²) in [5.74, 6) is 0.957. The van der Waals surface area contributed by atoms with Gasteiger partial charge < -0.3 is 9.88 Å². The maximum atomic E-state index is 13.1. The van der Waals surface area contributed by atoms with Crippen LogP contribution >= 0.6 is 0 Å². The van der Waals surface area contributed by atoms with E-state index in [1.165, 1.54) is 32.1 Å². The average Bonchev–Trinajstić information content (AvgIpc) is 3.02. The molecule has 0 unspecified atom stereocenters. The number of fused-ring (bicyclic) bond motifs is 2. The lowest BCUT2D eigenvalue weighted by Crippen LogP contribution is -2.49. The van der Waals surface area contributed by atoms with Crippen molar-refractivity contribution in [3.8, 4) is 0 Å². The molecule has 2 fully saturated rings. The topological polar surface area (TPSA) is 36.1 Å². The van der Waals surface area contributed by atoms with Gasteiger partial charge in [0.2, 0.25) is 0 Å². The average molecular weight is 282 g/mol. The van der Waals surface area contributed by atoms with Gasteiger partial charge in [-0.05, 0) is 43.7 Å². The summed E-state index contributed by atoms with van der Waals surface area (Å²) in [6.45, 7) is 0.928. The number of nitrogens with zero attached hydrogens (tertiary/aromatic N) is 1. The van der Waals surface area contributed by atoms with E-state index in [-0.39, 0.29) is 5.91 Å².